The van der Waals surface area contributed by atoms with E-state index in [0.717, 1.165) is 18.9 Å². The van der Waals surface area contributed by atoms with Crippen LogP contribution in [0.3, 0.4) is 0 Å². The number of unbranched alkanes of at least 4 members (excludes halogenated alkanes) is 1. The number of aliphatic hydroxyl groups excluding tert-OH is 1. The van der Waals surface area contributed by atoms with Crippen LogP contribution in [0.1, 0.15) is 33.1 Å². The maximum absolute atomic E-state index is 12.7. The van der Waals surface area contributed by atoms with Gasteiger partial charge in [0.1, 0.15) is 24.3 Å². The summed E-state index contributed by atoms with van der Waals surface area (Å²) >= 11 is 0. The minimum Gasteiger partial charge on any atom is -0.491 e. The van der Waals surface area contributed by atoms with Crippen LogP contribution in [-0.2, 0) is 0 Å². The van der Waals surface area contributed by atoms with Crippen LogP contribution in [0.4, 0.5) is 4.39 Å². The topological polar surface area (TPSA) is 41.5 Å². The first-order valence-corrected chi connectivity index (χ1v) is 7.35. The molecule has 0 aromatic heterocycles. The maximum Gasteiger partial charge on any atom is 0.123 e. The van der Waals surface area contributed by atoms with E-state index in [9.17, 15) is 9.50 Å². The second-order valence-corrected chi connectivity index (χ2v) is 5.51. The third-order valence-electron chi connectivity index (χ3n) is 3.02. The highest BCUT2D eigenvalue weighted by atomic mass is 19.1. The summed E-state index contributed by atoms with van der Waals surface area (Å²) in [6.07, 6.45) is 3.04. The summed E-state index contributed by atoms with van der Waals surface area (Å²) in [5.74, 6) is 1.04. The van der Waals surface area contributed by atoms with Crippen LogP contribution in [0, 0.1) is 11.7 Å². The second-order valence-electron chi connectivity index (χ2n) is 5.51. The first-order chi connectivity index (χ1) is 9.58. The van der Waals surface area contributed by atoms with Crippen LogP contribution in [-0.4, -0.2) is 30.9 Å². The molecule has 0 aliphatic heterocycles. The molecule has 0 heterocycles. The van der Waals surface area contributed by atoms with Gasteiger partial charge in [-0.1, -0.05) is 26.7 Å². The zero-order valence-corrected chi connectivity index (χ0v) is 12.4. The minimum absolute atomic E-state index is 0.213. The van der Waals surface area contributed by atoms with Crippen molar-refractivity contribution >= 4 is 0 Å². The molecule has 114 valence electrons. The van der Waals surface area contributed by atoms with E-state index in [-0.39, 0.29) is 12.4 Å². The summed E-state index contributed by atoms with van der Waals surface area (Å²) in [5.41, 5.74) is 0. The van der Waals surface area contributed by atoms with Crippen molar-refractivity contribution in [3.8, 4) is 5.75 Å². The number of ether oxygens (including phenoxy) is 1. The average molecular weight is 283 g/mol. The molecule has 4 heteroatoms. The number of hydrogen-bond donors (Lipinski definition) is 2. The lowest BCUT2D eigenvalue weighted by Gasteiger charge is -2.13. The Morgan fingerprint density at radius 2 is 1.90 bits per heavy atom. The Hall–Kier alpha value is -1.13. The Morgan fingerprint density at radius 3 is 2.55 bits per heavy atom. The molecular formula is C16H26FNO2. The lowest BCUT2D eigenvalue weighted by molar-refractivity contribution is 0.106. The SMILES string of the molecule is CC(C)CCCCNCC(O)COc1ccc(F)cc1. The molecule has 0 aliphatic rings. The molecular weight excluding hydrogens is 257 g/mol. The molecule has 0 saturated carbocycles. The predicted molar refractivity (Wildman–Crippen MR) is 79.5 cm³/mol. The van der Waals surface area contributed by atoms with Gasteiger partial charge in [-0.3, -0.25) is 0 Å². The van der Waals surface area contributed by atoms with Gasteiger partial charge >= 0.3 is 0 Å². The highest BCUT2D eigenvalue weighted by Gasteiger charge is 2.05. The van der Waals surface area contributed by atoms with Gasteiger partial charge in [-0.05, 0) is 43.1 Å². The van der Waals surface area contributed by atoms with E-state index in [1.54, 1.807) is 12.1 Å². The van der Waals surface area contributed by atoms with Crippen molar-refractivity contribution in [3.63, 3.8) is 0 Å². The quantitative estimate of drug-likeness (QED) is 0.649. The van der Waals surface area contributed by atoms with Gasteiger partial charge in [-0.15, -0.1) is 0 Å². The van der Waals surface area contributed by atoms with E-state index in [4.69, 9.17) is 4.74 Å². The summed E-state index contributed by atoms with van der Waals surface area (Å²) in [6, 6.07) is 5.80. The van der Waals surface area contributed by atoms with E-state index in [2.05, 4.69) is 19.2 Å². The standard InChI is InChI=1S/C16H26FNO2/c1-13(2)5-3-4-10-18-11-15(19)12-20-16-8-6-14(17)7-9-16/h6-9,13,15,18-19H,3-5,10-12H2,1-2H3. The van der Waals surface area contributed by atoms with Gasteiger partial charge in [-0.25, -0.2) is 4.39 Å². The van der Waals surface area contributed by atoms with E-state index < -0.39 is 6.10 Å². The van der Waals surface area contributed by atoms with E-state index >= 15 is 0 Å². The molecule has 1 aromatic rings. The van der Waals surface area contributed by atoms with Gasteiger partial charge in [0.25, 0.3) is 0 Å². The first-order valence-electron chi connectivity index (χ1n) is 7.35. The van der Waals surface area contributed by atoms with E-state index in [1.165, 1.54) is 25.0 Å². The van der Waals surface area contributed by atoms with Gasteiger partial charge in [0.15, 0.2) is 0 Å². The third-order valence-corrected chi connectivity index (χ3v) is 3.02. The Morgan fingerprint density at radius 1 is 1.20 bits per heavy atom. The molecule has 1 unspecified atom stereocenters. The Labute approximate surface area is 121 Å². The molecule has 0 aliphatic carbocycles. The zero-order chi connectivity index (χ0) is 14.8. The molecule has 2 N–H and O–H groups in total. The number of benzene rings is 1. The van der Waals surface area contributed by atoms with Crippen LogP contribution in [0.5, 0.6) is 5.75 Å². The highest BCUT2D eigenvalue weighted by Crippen LogP contribution is 2.11. The molecule has 0 amide bonds. The number of halogens is 1. The Balaban J connectivity index is 2.03. The van der Waals surface area contributed by atoms with Crippen LogP contribution >= 0.6 is 0 Å². The van der Waals surface area contributed by atoms with Crippen molar-refractivity contribution < 1.29 is 14.2 Å². The van der Waals surface area contributed by atoms with Gasteiger partial charge in [-0.2, -0.15) is 0 Å². The number of nitrogens with one attached hydrogen (secondary N) is 1. The van der Waals surface area contributed by atoms with Crippen LogP contribution in [0.2, 0.25) is 0 Å². The fourth-order valence-corrected chi connectivity index (χ4v) is 1.85. The summed E-state index contributed by atoms with van der Waals surface area (Å²) in [7, 11) is 0. The smallest absolute Gasteiger partial charge is 0.123 e. The molecule has 1 atom stereocenters. The second kappa shape index (κ2) is 9.72. The van der Waals surface area contributed by atoms with Gasteiger partial charge in [0, 0.05) is 6.54 Å². The van der Waals surface area contributed by atoms with Gasteiger partial charge in [0.05, 0.1) is 0 Å². The van der Waals surface area contributed by atoms with Crippen molar-refractivity contribution in [2.45, 2.75) is 39.2 Å². The van der Waals surface area contributed by atoms with Crippen LogP contribution in [0.25, 0.3) is 0 Å². The van der Waals surface area contributed by atoms with Gasteiger partial charge in [0.2, 0.25) is 0 Å². The largest absolute Gasteiger partial charge is 0.491 e. The van der Waals surface area contributed by atoms with Crippen molar-refractivity contribution in [2.24, 2.45) is 5.92 Å². The molecule has 20 heavy (non-hydrogen) atoms. The number of aliphatic hydroxyl groups is 1. The van der Waals surface area contributed by atoms with Crippen molar-refractivity contribution in [1.29, 1.82) is 0 Å². The number of rotatable bonds is 10. The normalized spacial score (nSPS) is 12.7. The molecule has 0 radical (unpaired) electrons. The van der Waals surface area contributed by atoms with Crippen molar-refractivity contribution in [3.05, 3.63) is 30.1 Å². The van der Waals surface area contributed by atoms with E-state index in [0.29, 0.717) is 12.3 Å². The summed E-state index contributed by atoms with van der Waals surface area (Å²) in [5, 5.41) is 13.0. The minimum atomic E-state index is -0.551. The van der Waals surface area contributed by atoms with Gasteiger partial charge < -0.3 is 15.2 Å². The third kappa shape index (κ3) is 8.12. The van der Waals surface area contributed by atoms with E-state index in [1.807, 2.05) is 0 Å². The van der Waals surface area contributed by atoms with Crippen molar-refractivity contribution in [1.82, 2.24) is 5.32 Å². The molecule has 0 saturated heterocycles. The first kappa shape index (κ1) is 16.9. The molecule has 3 nitrogen and oxygen atoms in total. The zero-order valence-electron chi connectivity index (χ0n) is 12.4. The van der Waals surface area contributed by atoms with Crippen molar-refractivity contribution in [2.75, 3.05) is 19.7 Å². The molecule has 0 spiro atoms. The van der Waals surface area contributed by atoms with Crippen LogP contribution < -0.4 is 10.1 Å². The summed E-state index contributed by atoms with van der Waals surface area (Å²) in [4.78, 5) is 0. The van der Waals surface area contributed by atoms with Crippen LogP contribution in [0.15, 0.2) is 24.3 Å². The lowest BCUT2D eigenvalue weighted by atomic mass is 10.1. The fraction of sp³-hybridized carbons (Fsp3) is 0.625. The Bertz CT molecular complexity index is 354. The molecule has 1 rings (SSSR count). The monoisotopic (exact) mass is 283 g/mol. The predicted octanol–water partition coefficient (Wildman–Crippen LogP) is 2.98. The molecule has 0 bridgehead atoms. The average Bonchev–Trinajstić information content (AvgIpc) is 2.41. The summed E-state index contributed by atoms with van der Waals surface area (Å²) < 4.78 is 18.1. The molecule has 0 fully saturated rings. The maximum atomic E-state index is 12.7. The highest BCUT2D eigenvalue weighted by molar-refractivity contribution is 5.22. The lowest BCUT2D eigenvalue weighted by Crippen LogP contribution is -2.32. The Kier molecular flexibility index (Phi) is 8.23. The fourth-order valence-electron chi connectivity index (χ4n) is 1.85. The summed E-state index contributed by atoms with van der Waals surface area (Å²) in [6.45, 7) is 6.10. The molecule has 1 aromatic carbocycles. The number of hydrogen-bond acceptors (Lipinski definition) is 3.